The first-order chi connectivity index (χ1) is 8.30. The number of carbonyl (C=O) groups is 1. The molecule has 0 rings (SSSR count). The summed E-state index contributed by atoms with van der Waals surface area (Å²) in [6.07, 6.45) is 0. The van der Waals surface area contributed by atoms with Gasteiger partial charge in [0.25, 0.3) is 0 Å². The molecule has 0 bridgehead atoms. The van der Waals surface area contributed by atoms with E-state index in [4.69, 9.17) is 13.7 Å². The van der Waals surface area contributed by atoms with Crippen molar-refractivity contribution < 1.29 is 23.2 Å². The topological polar surface area (TPSA) is 26.3 Å². The van der Waals surface area contributed by atoms with E-state index < -0.39 is 44.1 Å². The van der Waals surface area contributed by atoms with E-state index in [-0.39, 0.29) is 0 Å². The van der Waals surface area contributed by atoms with Crippen molar-refractivity contribution in [2.45, 2.75) is 6.85 Å². The van der Waals surface area contributed by atoms with Crippen LogP contribution < -0.4 is 0 Å². The van der Waals surface area contributed by atoms with E-state index in [1.807, 2.05) is 0 Å². The molecule has 0 N–H and O–H groups in total. The minimum absolute atomic E-state index is 1.26. The Morgan fingerprint density at radius 3 is 3.78 bits per heavy atom. The third-order valence-corrected chi connectivity index (χ3v) is 0.399. The van der Waals surface area contributed by atoms with Crippen molar-refractivity contribution in [3.05, 3.63) is 24.7 Å². The van der Waals surface area contributed by atoms with Crippen LogP contribution in [0.2, 0.25) is 0 Å². The van der Waals surface area contributed by atoms with Gasteiger partial charge in [0.1, 0.15) is 6.56 Å². The van der Waals surface area contributed by atoms with E-state index in [1.54, 1.807) is 0 Å². The molecule has 2 heteroatoms. The fourth-order valence-electron chi connectivity index (χ4n) is 0.123. The van der Waals surface area contributed by atoms with Gasteiger partial charge in [0.05, 0.1) is 9.60 Å². The summed E-state index contributed by atoms with van der Waals surface area (Å²) in [5.41, 5.74) is -1.35. The molecule has 0 aromatic heterocycles. The quantitative estimate of drug-likeness (QED) is 0.332. The van der Waals surface area contributed by atoms with Crippen LogP contribution in [0.25, 0.3) is 0 Å². The molecule has 0 aliphatic carbocycles. The maximum Gasteiger partial charge on any atom is 0.333 e. The van der Waals surface area contributed by atoms with Gasteiger partial charge in [-0.05, 0) is 6.85 Å². The molecule has 0 spiro atoms. The fourth-order valence-corrected chi connectivity index (χ4v) is 0.123. The first-order valence-electron chi connectivity index (χ1n) is 6.86. The van der Waals surface area contributed by atoms with Gasteiger partial charge < -0.3 is 4.74 Å². The van der Waals surface area contributed by atoms with Crippen LogP contribution >= 0.6 is 0 Å². The van der Waals surface area contributed by atoms with E-state index >= 15 is 0 Å². The highest BCUT2D eigenvalue weighted by Gasteiger charge is 1.98. The molecule has 0 unspecified atom stereocenters. The van der Waals surface area contributed by atoms with Crippen molar-refractivity contribution in [2.75, 3.05) is 6.56 Å². The van der Waals surface area contributed by atoms with Gasteiger partial charge in [-0.1, -0.05) is 19.1 Å². The average molecular weight is 136 g/mol. The summed E-state index contributed by atoms with van der Waals surface area (Å²) in [6.45, 7) is -8.97. The molecule has 0 heterocycles. The number of hydrogen-bond donors (Lipinski definition) is 0. The predicted molar refractivity (Wildman–Crippen MR) is 36.0 cm³/mol. The molecule has 50 valence electrons. The minimum atomic E-state index is -3.19. The zero-order valence-corrected chi connectivity index (χ0v) is 4.32. The van der Waals surface area contributed by atoms with Crippen LogP contribution in [0.15, 0.2) is 24.7 Å². The van der Waals surface area contributed by atoms with E-state index in [0.29, 0.717) is 0 Å². The first kappa shape index (κ1) is 1.34. The molecule has 0 atom stereocenters. The summed E-state index contributed by atoms with van der Waals surface area (Å²) in [5.74, 6) is -1.81. The van der Waals surface area contributed by atoms with Crippen molar-refractivity contribution in [3.8, 4) is 0 Å². The predicted octanol–water partition coefficient (Wildman–Crippen LogP) is 1.29. The Hall–Kier alpha value is -1.05. The summed E-state index contributed by atoms with van der Waals surface area (Å²) in [6, 6.07) is -1.29. The first-order valence-corrected chi connectivity index (χ1v) is 1.86. The number of rotatable bonds is 3. The Balaban J connectivity index is 5.40. The van der Waals surface area contributed by atoms with Crippen molar-refractivity contribution >= 4 is 5.97 Å². The minimum Gasteiger partial charge on any atom is -0.458 e. The zero-order valence-electron chi connectivity index (χ0n) is 14.3. The molecular formula is C7H10O2. The van der Waals surface area contributed by atoms with Gasteiger partial charge in [0, 0.05) is 9.69 Å². The molecule has 0 radical (unpaired) electrons. The third-order valence-electron chi connectivity index (χ3n) is 0.399. The summed E-state index contributed by atoms with van der Waals surface area (Å²) in [5, 5.41) is 0. The molecule has 0 aromatic rings. The molecule has 0 saturated carbocycles. The van der Waals surface area contributed by atoms with Crippen LogP contribution in [-0.4, -0.2) is 12.5 Å². The molecule has 0 aliphatic heterocycles. The molecule has 0 aromatic carbocycles. The van der Waals surface area contributed by atoms with Crippen LogP contribution in [0.3, 0.4) is 0 Å². The normalized spacial score (nSPS) is 26.2. The lowest BCUT2D eigenvalue weighted by molar-refractivity contribution is -0.137. The van der Waals surface area contributed by atoms with Crippen molar-refractivity contribution in [3.63, 3.8) is 0 Å². The lowest BCUT2D eigenvalue weighted by Crippen LogP contribution is -2.03. The average Bonchev–Trinajstić information content (AvgIpc) is 2.11. The third kappa shape index (κ3) is 3.53. The standard InChI is InChI=1S/C7H10O2/c1-4-5-9-7(8)6(2)3/h4H,1-2,5H2,3H3/i1D2,2D2,3D3,4D,5D2. The maximum atomic E-state index is 11.4. The zero-order chi connectivity index (χ0) is 15.6. The molecule has 0 fully saturated rings. The van der Waals surface area contributed by atoms with Gasteiger partial charge in [-0.2, -0.15) is 0 Å². The smallest absolute Gasteiger partial charge is 0.333 e. The Bertz CT molecular complexity index is 424. The lowest BCUT2D eigenvalue weighted by atomic mass is 10.4. The van der Waals surface area contributed by atoms with Crippen molar-refractivity contribution in [2.24, 2.45) is 0 Å². The largest absolute Gasteiger partial charge is 0.458 e. The highest BCUT2D eigenvalue weighted by atomic mass is 16.5. The molecule has 9 heavy (non-hydrogen) atoms. The SMILES string of the molecule is [2H]C([2H])=C(C(=O)OC([2H])([2H])C([2H])=C([2H])[2H])C([2H])([2H])[2H]. The Morgan fingerprint density at radius 2 is 3.22 bits per heavy atom. The van der Waals surface area contributed by atoms with Crippen LogP contribution in [0.4, 0.5) is 0 Å². The Kier molecular flexibility index (Phi) is 0.578. The second-order valence-electron chi connectivity index (χ2n) is 0.992. The summed E-state index contributed by atoms with van der Waals surface area (Å²) in [4.78, 5) is 11.4. The van der Waals surface area contributed by atoms with Crippen LogP contribution in [0.1, 0.15) is 20.6 Å². The number of esters is 1. The molecule has 2 nitrogen and oxygen atoms in total. The Labute approximate surface area is 68.9 Å². The molecular weight excluding hydrogens is 116 g/mol. The lowest BCUT2D eigenvalue weighted by Gasteiger charge is -1.97. The van der Waals surface area contributed by atoms with Gasteiger partial charge >= 0.3 is 5.97 Å². The van der Waals surface area contributed by atoms with Crippen molar-refractivity contribution in [1.82, 2.24) is 0 Å². The second kappa shape index (κ2) is 3.89. The maximum absolute atomic E-state index is 11.4. The van der Waals surface area contributed by atoms with Crippen LogP contribution in [0.5, 0.6) is 0 Å². The number of carbonyl (C=O) groups excluding carboxylic acids is 1. The van der Waals surface area contributed by atoms with Crippen LogP contribution in [0, 0.1) is 0 Å². The second-order valence-corrected chi connectivity index (χ2v) is 0.992. The van der Waals surface area contributed by atoms with Crippen molar-refractivity contribution in [1.29, 1.82) is 0 Å². The monoisotopic (exact) mass is 136 g/mol. The van der Waals surface area contributed by atoms with E-state index in [9.17, 15) is 4.79 Å². The summed E-state index contributed by atoms with van der Waals surface area (Å²) < 4.78 is 73.3. The number of ether oxygens (including phenoxy) is 1. The highest BCUT2D eigenvalue weighted by Crippen LogP contribution is 1.90. The fraction of sp³-hybridized carbons (Fsp3) is 0.286. The van der Waals surface area contributed by atoms with E-state index in [1.165, 1.54) is 0 Å². The Morgan fingerprint density at radius 1 is 2.33 bits per heavy atom. The molecule has 0 amide bonds. The van der Waals surface area contributed by atoms with Gasteiger partial charge in [-0.3, -0.25) is 0 Å². The highest BCUT2D eigenvalue weighted by molar-refractivity contribution is 5.86. The molecule has 0 aliphatic rings. The van der Waals surface area contributed by atoms with Gasteiger partial charge in [-0.25, -0.2) is 4.79 Å². The summed E-state index contributed by atoms with van der Waals surface area (Å²) >= 11 is 0. The van der Waals surface area contributed by atoms with E-state index in [2.05, 4.69) is 4.74 Å². The summed E-state index contributed by atoms with van der Waals surface area (Å²) in [7, 11) is 0. The van der Waals surface area contributed by atoms with Crippen LogP contribution in [-0.2, 0) is 9.53 Å². The van der Waals surface area contributed by atoms with Gasteiger partial charge in [0.15, 0.2) is 0 Å². The molecule has 0 saturated heterocycles. The number of hydrogen-bond acceptors (Lipinski definition) is 2. The van der Waals surface area contributed by atoms with Gasteiger partial charge in [0.2, 0.25) is 0 Å². The van der Waals surface area contributed by atoms with E-state index in [0.717, 1.165) is 0 Å². The van der Waals surface area contributed by atoms with Gasteiger partial charge in [-0.15, -0.1) is 0 Å².